The third-order valence-corrected chi connectivity index (χ3v) is 5.66. The number of rotatable bonds is 8. The Morgan fingerprint density at radius 2 is 1.90 bits per heavy atom. The number of fused-ring (bicyclic) bond motifs is 2. The van der Waals surface area contributed by atoms with Gasteiger partial charge in [0.15, 0.2) is 5.65 Å². The molecule has 0 spiro atoms. The van der Waals surface area contributed by atoms with Gasteiger partial charge in [0, 0.05) is 39.9 Å². The van der Waals surface area contributed by atoms with Crippen molar-refractivity contribution in [3.63, 3.8) is 0 Å². The van der Waals surface area contributed by atoms with E-state index in [1.807, 2.05) is 30.3 Å². The molecule has 3 heterocycles. The van der Waals surface area contributed by atoms with Gasteiger partial charge >= 0.3 is 0 Å². The molecule has 5 aromatic rings. The van der Waals surface area contributed by atoms with E-state index in [4.69, 9.17) is 4.74 Å². The van der Waals surface area contributed by atoms with E-state index in [0.29, 0.717) is 6.61 Å². The standard InChI is InChI=1S/C24H22BrN5O/c25-18-13-22-24(28-15-18)30-23(29-22)16-5-7-19(8-6-16)31-12-11-26-10-9-17-14-27-21-4-2-1-3-20(17)21/h1-8,13-15,26-27H,9-12H2,(H,28,29,30). The summed E-state index contributed by atoms with van der Waals surface area (Å²) in [6.45, 7) is 2.34. The number of aromatic amines is 2. The first-order valence-corrected chi connectivity index (χ1v) is 11.1. The van der Waals surface area contributed by atoms with Crippen LogP contribution in [0.2, 0.25) is 0 Å². The van der Waals surface area contributed by atoms with Gasteiger partial charge in [-0.3, -0.25) is 0 Å². The van der Waals surface area contributed by atoms with Crippen LogP contribution in [0.5, 0.6) is 5.75 Å². The maximum atomic E-state index is 5.86. The summed E-state index contributed by atoms with van der Waals surface area (Å²) < 4.78 is 6.77. The quantitative estimate of drug-likeness (QED) is 0.273. The number of nitrogens with zero attached hydrogens (tertiary/aromatic N) is 2. The van der Waals surface area contributed by atoms with Crippen molar-refractivity contribution in [3.05, 3.63) is 77.0 Å². The third-order valence-electron chi connectivity index (χ3n) is 5.22. The van der Waals surface area contributed by atoms with Crippen molar-refractivity contribution in [2.24, 2.45) is 0 Å². The van der Waals surface area contributed by atoms with Gasteiger partial charge in [-0.2, -0.15) is 0 Å². The summed E-state index contributed by atoms with van der Waals surface area (Å²) in [6.07, 6.45) is 4.85. The zero-order valence-corrected chi connectivity index (χ0v) is 18.4. The third kappa shape index (κ3) is 4.47. The molecule has 5 rings (SSSR count). The molecule has 0 aliphatic carbocycles. The first-order chi connectivity index (χ1) is 15.3. The van der Waals surface area contributed by atoms with Crippen LogP contribution >= 0.6 is 15.9 Å². The summed E-state index contributed by atoms with van der Waals surface area (Å²) in [7, 11) is 0. The van der Waals surface area contributed by atoms with Crippen molar-refractivity contribution >= 4 is 38.0 Å². The van der Waals surface area contributed by atoms with Crippen molar-refractivity contribution in [2.75, 3.05) is 19.7 Å². The first kappa shape index (κ1) is 19.8. The molecular weight excluding hydrogens is 454 g/mol. The van der Waals surface area contributed by atoms with E-state index < -0.39 is 0 Å². The van der Waals surface area contributed by atoms with Crippen LogP contribution in [-0.2, 0) is 6.42 Å². The highest BCUT2D eigenvalue weighted by Crippen LogP contribution is 2.23. The van der Waals surface area contributed by atoms with Gasteiger partial charge in [0.25, 0.3) is 0 Å². The van der Waals surface area contributed by atoms with Crippen molar-refractivity contribution < 1.29 is 4.74 Å². The van der Waals surface area contributed by atoms with Crippen molar-refractivity contribution in [1.29, 1.82) is 0 Å². The summed E-state index contributed by atoms with van der Waals surface area (Å²) in [5.41, 5.74) is 5.14. The van der Waals surface area contributed by atoms with Gasteiger partial charge < -0.3 is 20.0 Å². The van der Waals surface area contributed by atoms with Gasteiger partial charge in [0.1, 0.15) is 23.7 Å². The Balaban J connectivity index is 1.09. The molecule has 0 amide bonds. The molecule has 0 aliphatic rings. The second-order valence-electron chi connectivity index (χ2n) is 7.34. The van der Waals surface area contributed by atoms with Crippen LogP contribution in [0.3, 0.4) is 0 Å². The maximum Gasteiger partial charge on any atom is 0.157 e. The minimum absolute atomic E-state index is 0.621. The van der Waals surface area contributed by atoms with Gasteiger partial charge in [-0.1, -0.05) is 18.2 Å². The van der Waals surface area contributed by atoms with E-state index in [9.17, 15) is 0 Å². The fraction of sp³-hybridized carbons (Fsp3) is 0.167. The molecular formula is C24H22BrN5O. The average Bonchev–Trinajstić information content (AvgIpc) is 3.40. The number of imidazole rings is 1. The lowest BCUT2D eigenvalue weighted by Gasteiger charge is -2.08. The Morgan fingerprint density at radius 1 is 1.03 bits per heavy atom. The number of nitrogens with one attached hydrogen (secondary N) is 3. The van der Waals surface area contributed by atoms with Crippen LogP contribution in [0, 0.1) is 0 Å². The van der Waals surface area contributed by atoms with E-state index in [2.05, 4.69) is 71.6 Å². The molecule has 0 aliphatic heterocycles. The number of aromatic nitrogens is 4. The lowest BCUT2D eigenvalue weighted by atomic mass is 10.1. The molecule has 3 N–H and O–H groups in total. The van der Waals surface area contributed by atoms with Gasteiger partial charge in [-0.25, -0.2) is 9.97 Å². The second-order valence-corrected chi connectivity index (χ2v) is 8.25. The summed E-state index contributed by atoms with van der Waals surface area (Å²) in [5.74, 6) is 1.64. The predicted octanol–water partition coefficient (Wildman–Crippen LogP) is 5.08. The number of para-hydroxylation sites is 1. The van der Waals surface area contributed by atoms with Crippen molar-refractivity contribution in [3.8, 4) is 17.1 Å². The molecule has 2 aromatic carbocycles. The van der Waals surface area contributed by atoms with E-state index in [1.165, 1.54) is 16.5 Å². The summed E-state index contributed by atoms with van der Waals surface area (Å²) in [6, 6.07) is 18.3. The molecule has 0 atom stereocenters. The molecule has 31 heavy (non-hydrogen) atoms. The molecule has 0 saturated carbocycles. The Labute approximate surface area is 188 Å². The van der Waals surface area contributed by atoms with Gasteiger partial charge in [0.05, 0.1) is 0 Å². The highest BCUT2D eigenvalue weighted by molar-refractivity contribution is 9.10. The van der Waals surface area contributed by atoms with Crippen LogP contribution in [0.15, 0.2) is 71.5 Å². The van der Waals surface area contributed by atoms with Crippen LogP contribution < -0.4 is 10.1 Å². The number of benzene rings is 2. The number of ether oxygens (including phenoxy) is 1. The molecule has 0 bridgehead atoms. The number of H-pyrrole nitrogens is 2. The van der Waals surface area contributed by atoms with Gasteiger partial charge in [-0.05, 0) is 70.9 Å². The normalized spacial score (nSPS) is 11.4. The number of halogens is 1. The van der Waals surface area contributed by atoms with Crippen LogP contribution in [0.4, 0.5) is 0 Å². The molecule has 6 nitrogen and oxygen atoms in total. The minimum Gasteiger partial charge on any atom is -0.492 e. The maximum absolute atomic E-state index is 5.86. The van der Waals surface area contributed by atoms with Gasteiger partial charge in [0.2, 0.25) is 0 Å². The SMILES string of the molecule is Brc1cnc2[nH]c(-c3ccc(OCCNCCc4c[nH]c5ccccc45)cc3)nc2c1. The highest BCUT2D eigenvalue weighted by atomic mass is 79.9. The van der Waals surface area contributed by atoms with Crippen molar-refractivity contribution in [2.45, 2.75) is 6.42 Å². The Hall–Kier alpha value is -3.16. The monoisotopic (exact) mass is 475 g/mol. The number of pyridine rings is 1. The first-order valence-electron chi connectivity index (χ1n) is 10.3. The molecule has 0 saturated heterocycles. The Kier molecular flexibility index (Phi) is 5.69. The van der Waals surface area contributed by atoms with E-state index in [1.54, 1.807) is 6.20 Å². The lowest BCUT2D eigenvalue weighted by molar-refractivity contribution is 0.314. The largest absolute Gasteiger partial charge is 0.492 e. The minimum atomic E-state index is 0.621. The van der Waals surface area contributed by atoms with E-state index in [-0.39, 0.29) is 0 Å². The molecule has 7 heteroatoms. The molecule has 0 radical (unpaired) electrons. The second kappa shape index (κ2) is 8.91. The molecule has 0 fully saturated rings. The van der Waals surface area contributed by atoms with Gasteiger partial charge in [-0.15, -0.1) is 0 Å². The molecule has 0 unspecified atom stereocenters. The van der Waals surface area contributed by atoms with E-state index in [0.717, 1.165) is 52.3 Å². The Morgan fingerprint density at radius 3 is 2.81 bits per heavy atom. The number of hydrogen-bond acceptors (Lipinski definition) is 4. The predicted molar refractivity (Wildman–Crippen MR) is 127 cm³/mol. The van der Waals surface area contributed by atoms with Crippen molar-refractivity contribution in [1.82, 2.24) is 25.3 Å². The smallest absolute Gasteiger partial charge is 0.157 e. The van der Waals surface area contributed by atoms with Crippen LogP contribution in [-0.4, -0.2) is 39.6 Å². The zero-order valence-electron chi connectivity index (χ0n) is 16.9. The fourth-order valence-corrected chi connectivity index (χ4v) is 3.96. The highest BCUT2D eigenvalue weighted by Gasteiger charge is 2.07. The number of hydrogen-bond donors (Lipinski definition) is 3. The summed E-state index contributed by atoms with van der Waals surface area (Å²) in [4.78, 5) is 15.5. The Bertz CT molecular complexity index is 1310. The van der Waals surface area contributed by atoms with Crippen LogP contribution in [0.1, 0.15) is 5.56 Å². The summed E-state index contributed by atoms with van der Waals surface area (Å²) in [5, 5.41) is 4.75. The van der Waals surface area contributed by atoms with Crippen LogP contribution in [0.25, 0.3) is 33.5 Å². The molecule has 3 aromatic heterocycles. The summed E-state index contributed by atoms with van der Waals surface area (Å²) >= 11 is 3.43. The average molecular weight is 476 g/mol. The zero-order chi connectivity index (χ0) is 21.0. The lowest BCUT2D eigenvalue weighted by Crippen LogP contribution is -2.23. The van der Waals surface area contributed by atoms with E-state index >= 15 is 0 Å². The molecule has 156 valence electrons. The topological polar surface area (TPSA) is 78.6 Å². The fourth-order valence-electron chi connectivity index (χ4n) is 3.64.